The summed E-state index contributed by atoms with van der Waals surface area (Å²) < 4.78 is 6.07. The van der Waals surface area contributed by atoms with Gasteiger partial charge in [-0.3, -0.25) is 43.2 Å². The number of thioether (sulfide) groups is 1. The molecule has 2 N–H and O–H groups in total. The summed E-state index contributed by atoms with van der Waals surface area (Å²) in [5.41, 5.74) is 0.0159. The molecule has 0 aromatic heterocycles. The third-order valence-electron chi connectivity index (χ3n) is 13.9. The van der Waals surface area contributed by atoms with Crippen molar-refractivity contribution in [1.29, 1.82) is 0 Å². The van der Waals surface area contributed by atoms with E-state index in [1.54, 1.807) is 32.6 Å². The first-order valence-corrected chi connectivity index (χ1v) is 27.1. The van der Waals surface area contributed by atoms with Crippen molar-refractivity contribution < 1.29 is 53.0 Å². The standard InChI is InChI=1S/C54H87N7O11S/c1-34(2)25-42-46(64)29-40(37(6)62)52(70)56(10)30-47(65)58(12)43(26-35(3)4)49(67)55-41(31-72-54(7,8)9)45(63)28-39(51(69)61-23-19-16-20-24-61)32-73-33-48(66)57(11)36(5)50(68)60(14)44(53(71)59(42)13)27-38-21-17-15-18-22-38/h15,17-18,21-22,34-37,39-44,62H,16,19-20,23-33H2,1-14H3,(H,55,67)/t36-,37+,39-,40-,41-,42-,43-,44-/m0/s1. The topological polar surface area (TPSA) is 215 Å². The lowest BCUT2D eigenvalue weighted by Crippen LogP contribution is -2.57. The predicted molar refractivity (Wildman–Crippen MR) is 282 cm³/mol. The maximum absolute atomic E-state index is 14.9. The molecule has 2 saturated heterocycles. The maximum Gasteiger partial charge on any atom is 0.246 e. The largest absolute Gasteiger partial charge is 0.393 e. The van der Waals surface area contributed by atoms with Crippen molar-refractivity contribution in [3.63, 3.8) is 0 Å². The van der Waals surface area contributed by atoms with Crippen molar-refractivity contribution in [2.24, 2.45) is 23.7 Å². The molecule has 0 spiro atoms. The number of hydrogen-bond donors (Lipinski definition) is 2. The fraction of sp³-hybridized carbons (Fsp3) is 0.722. The van der Waals surface area contributed by atoms with Crippen LogP contribution in [0.4, 0.5) is 0 Å². The summed E-state index contributed by atoms with van der Waals surface area (Å²) in [7, 11) is 7.27. The zero-order chi connectivity index (χ0) is 55.1. The average Bonchev–Trinajstić information content (AvgIpc) is 3.34. The number of nitrogens with one attached hydrogen (secondary N) is 1. The van der Waals surface area contributed by atoms with E-state index >= 15 is 0 Å². The summed E-state index contributed by atoms with van der Waals surface area (Å²) in [5, 5.41) is 13.9. The van der Waals surface area contributed by atoms with Gasteiger partial charge in [-0.05, 0) is 84.1 Å². The monoisotopic (exact) mass is 1040 g/mol. The van der Waals surface area contributed by atoms with Gasteiger partial charge in [0.1, 0.15) is 24.2 Å². The minimum absolute atomic E-state index is 0.0740. The second kappa shape index (κ2) is 28.7. The number of likely N-dealkylation sites (tertiary alicyclic amines) is 1. The molecule has 410 valence electrons. The van der Waals surface area contributed by atoms with Crippen LogP contribution in [-0.2, 0) is 54.3 Å². The number of nitrogens with zero attached hydrogens (tertiary/aromatic N) is 6. The number of carbonyl (C=O) groups excluding carboxylic acids is 9. The number of benzene rings is 1. The molecular formula is C54H87N7O11S. The minimum Gasteiger partial charge on any atom is -0.393 e. The first-order valence-electron chi connectivity index (χ1n) is 25.9. The van der Waals surface area contributed by atoms with Gasteiger partial charge in [0.2, 0.25) is 41.4 Å². The maximum atomic E-state index is 14.9. The molecule has 0 aliphatic carbocycles. The van der Waals surface area contributed by atoms with E-state index in [9.17, 15) is 48.3 Å². The molecule has 0 saturated carbocycles. The number of ether oxygens (including phenoxy) is 1. The smallest absolute Gasteiger partial charge is 0.246 e. The quantitative estimate of drug-likeness (QED) is 0.344. The molecule has 19 heteroatoms. The van der Waals surface area contributed by atoms with Crippen LogP contribution in [0, 0.1) is 23.7 Å². The van der Waals surface area contributed by atoms with E-state index in [1.165, 1.54) is 61.8 Å². The SMILES string of the molecule is CC(C)C[C@H]1C(=O)N[C@@H](COC(C)(C)C)C(=O)C[C@H](C(=O)N2CCCCC2)CSCC(=O)N(C)[C@@H](C)C(=O)N(C)[C@@H](Cc2ccccc2)C(=O)N(C)[C@@H](CC(C)C)C(=O)C[C@@H]([C@@H](C)O)C(=O)N(C)CC(=O)N1C. The predicted octanol–water partition coefficient (Wildman–Crippen LogP) is 3.70. The number of rotatable bonds is 10. The van der Waals surface area contributed by atoms with Gasteiger partial charge in [0.15, 0.2) is 11.6 Å². The summed E-state index contributed by atoms with van der Waals surface area (Å²) in [4.78, 5) is 137. The van der Waals surface area contributed by atoms with Gasteiger partial charge in [-0.15, -0.1) is 0 Å². The molecule has 8 atom stereocenters. The summed E-state index contributed by atoms with van der Waals surface area (Å²) in [5.74, 6) is -7.18. The molecule has 18 nitrogen and oxygen atoms in total. The van der Waals surface area contributed by atoms with Gasteiger partial charge in [0.25, 0.3) is 0 Å². The average molecular weight is 1040 g/mol. The number of likely N-dealkylation sites (N-methyl/N-ethyl adjacent to an activating group) is 5. The van der Waals surface area contributed by atoms with E-state index in [0.717, 1.165) is 41.5 Å². The van der Waals surface area contributed by atoms with Crippen molar-refractivity contribution in [2.45, 2.75) is 156 Å². The van der Waals surface area contributed by atoms with E-state index in [1.807, 2.05) is 58.0 Å². The van der Waals surface area contributed by atoms with Crippen molar-refractivity contribution in [2.75, 3.05) is 73.0 Å². The Bertz CT molecular complexity index is 2060. The summed E-state index contributed by atoms with van der Waals surface area (Å²) in [6, 6.07) is 3.50. The van der Waals surface area contributed by atoms with Gasteiger partial charge in [-0.25, -0.2) is 0 Å². The Hall–Kier alpha value is -4.88. The Morgan fingerprint density at radius 2 is 1.30 bits per heavy atom. The van der Waals surface area contributed by atoms with Crippen LogP contribution in [0.2, 0.25) is 0 Å². The van der Waals surface area contributed by atoms with Gasteiger partial charge < -0.3 is 44.6 Å². The van der Waals surface area contributed by atoms with E-state index in [0.29, 0.717) is 13.1 Å². The fourth-order valence-electron chi connectivity index (χ4n) is 9.13. The lowest BCUT2D eigenvalue weighted by molar-refractivity contribution is -0.151. The molecule has 3 rings (SSSR count). The van der Waals surface area contributed by atoms with E-state index < -0.39 is 114 Å². The van der Waals surface area contributed by atoms with Crippen LogP contribution in [0.5, 0.6) is 0 Å². The van der Waals surface area contributed by atoms with Crippen molar-refractivity contribution in [3.8, 4) is 0 Å². The third-order valence-corrected chi connectivity index (χ3v) is 15.0. The summed E-state index contributed by atoms with van der Waals surface area (Å²) >= 11 is 1.16. The van der Waals surface area contributed by atoms with Gasteiger partial charge in [0, 0.05) is 73.3 Å². The van der Waals surface area contributed by atoms with Gasteiger partial charge >= 0.3 is 0 Å². The zero-order valence-corrected chi connectivity index (χ0v) is 47.0. The Labute approximate surface area is 439 Å². The van der Waals surface area contributed by atoms with Crippen LogP contribution in [-0.4, -0.2) is 202 Å². The fourth-order valence-corrected chi connectivity index (χ4v) is 10.2. The molecule has 2 heterocycles. The highest BCUT2D eigenvalue weighted by Gasteiger charge is 2.41. The molecule has 2 aliphatic rings. The Morgan fingerprint density at radius 3 is 1.86 bits per heavy atom. The molecule has 1 aromatic rings. The number of aliphatic hydroxyl groups is 1. The number of piperidine rings is 1. The lowest BCUT2D eigenvalue weighted by Gasteiger charge is -2.37. The molecule has 0 unspecified atom stereocenters. The highest BCUT2D eigenvalue weighted by Crippen LogP contribution is 2.25. The van der Waals surface area contributed by atoms with Crippen LogP contribution < -0.4 is 5.32 Å². The van der Waals surface area contributed by atoms with Gasteiger partial charge in [-0.1, -0.05) is 58.0 Å². The number of aliphatic hydroxyl groups excluding tert-OH is 1. The molecule has 2 fully saturated rings. The van der Waals surface area contributed by atoms with Crippen LogP contribution in [0.25, 0.3) is 0 Å². The minimum atomic E-state index is -1.35. The van der Waals surface area contributed by atoms with Crippen LogP contribution in [0.1, 0.15) is 113 Å². The van der Waals surface area contributed by atoms with E-state index in [2.05, 4.69) is 5.32 Å². The summed E-state index contributed by atoms with van der Waals surface area (Å²) in [6.07, 6.45) is 0.921. The summed E-state index contributed by atoms with van der Waals surface area (Å²) in [6.45, 7) is 16.2. The number of ketones is 2. The number of amides is 7. The van der Waals surface area contributed by atoms with Gasteiger partial charge in [-0.2, -0.15) is 11.8 Å². The second-order valence-corrected chi connectivity index (χ2v) is 23.1. The molecule has 0 bridgehead atoms. The van der Waals surface area contributed by atoms with Crippen molar-refractivity contribution in [1.82, 2.24) is 34.7 Å². The molecule has 7 amide bonds. The van der Waals surface area contributed by atoms with Crippen LogP contribution >= 0.6 is 11.8 Å². The van der Waals surface area contributed by atoms with Crippen LogP contribution in [0.3, 0.4) is 0 Å². The van der Waals surface area contributed by atoms with Crippen molar-refractivity contribution >= 4 is 64.7 Å². The van der Waals surface area contributed by atoms with Crippen molar-refractivity contribution in [3.05, 3.63) is 35.9 Å². The molecule has 2 aliphatic heterocycles. The molecular weight excluding hydrogens is 955 g/mol. The van der Waals surface area contributed by atoms with E-state index in [-0.39, 0.29) is 61.5 Å². The Morgan fingerprint density at radius 1 is 0.726 bits per heavy atom. The molecule has 1 aromatic carbocycles. The normalized spacial score (nSPS) is 26.0. The third kappa shape index (κ3) is 18.8. The highest BCUT2D eigenvalue weighted by molar-refractivity contribution is 7.99. The zero-order valence-electron chi connectivity index (χ0n) is 46.2. The Kier molecular flexibility index (Phi) is 24.5. The first-order chi connectivity index (χ1) is 34.1. The van der Waals surface area contributed by atoms with E-state index in [4.69, 9.17) is 4.74 Å². The number of hydrogen-bond acceptors (Lipinski definition) is 12. The van der Waals surface area contributed by atoms with Gasteiger partial charge in [0.05, 0.1) is 48.5 Å². The lowest BCUT2D eigenvalue weighted by atomic mass is 9.89. The Balaban J connectivity index is 2.19. The second-order valence-electron chi connectivity index (χ2n) is 22.0. The number of Topliss-reactive ketones (excluding diaryl/α,β-unsaturated/α-hetero) is 2. The molecule has 73 heavy (non-hydrogen) atoms. The highest BCUT2D eigenvalue weighted by atomic mass is 32.2. The first kappa shape index (κ1) is 62.4. The van der Waals surface area contributed by atoms with Crippen LogP contribution in [0.15, 0.2) is 30.3 Å². The number of carbonyl (C=O) groups is 9. The molecule has 0 radical (unpaired) electrons.